The van der Waals surface area contributed by atoms with Crippen molar-refractivity contribution in [3.8, 4) is 0 Å². The zero-order chi connectivity index (χ0) is 11.4. The molecule has 2 amide bonds. The lowest BCUT2D eigenvalue weighted by molar-refractivity contribution is -0.143. The largest absolute Gasteiger partial charge is 0.480 e. The Hall–Kier alpha value is -1.63. The van der Waals surface area contributed by atoms with E-state index in [4.69, 9.17) is 10.2 Å². The van der Waals surface area contributed by atoms with Gasteiger partial charge in [0.1, 0.15) is 6.04 Å². The standard InChI is InChI=1S/C8H12N2O5/c11-3-5(8(14)15)10-7(13)4-1-6(12)9-2-4/h4-5,11H,1-3H2,(H,9,12)(H,10,13)(H,14,15). The van der Waals surface area contributed by atoms with Gasteiger partial charge in [0.2, 0.25) is 11.8 Å². The van der Waals surface area contributed by atoms with Crippen LogP contribution in [-0.2, 0) is 14.4 Å². The summed E-state index contributed by atoms with van der Waals surface area (Å²) < 4.78 is 0. The second kappa shape index (κ2) is 4.74. The molecule has 0 aromatic carbocycles. The van der Waals surface area contributed by atoms with Crippen molar-refractivity contribution in [1.82, 2.24) is 10.6 Å². The average Bonchev–Trinajstić information content (AvgIpc) is 2.60. The normalized spacial score (nSPS) is 21.9. The lowest BCUT2D eigenvalue weighted by Gasteiger charge is -2.14. The molecule has 1 heterocycles. The van der Waals surface area contributed by atoms with Crippen LogP contribution in [0.4, 0.5) is 0 Å². The minimum absolute atomic E-state index is 0.0591. The highest BCUT2D eigenvalue weighted by Crippen LogP contribution is 2.08. The molecule has 1 fully saturated rings. The number of carbonyl (C=O) groups excluding carboxylic acids is 2. The zero-order valence-electron chi connectivity index (χ0n) is 7.90. The molecule has 1 rings (SSSR count). The van der Waals surface area contributed by atoms with Crippen molar-refractivity contribution in [2.24, 2.45) is 5.92 Å². The summed E-state index contributed by atoms with van der Waals surface area (Å²) in [6.45, 7) is -0.461. The van der Waals surface area contributed by atoms with Crippen LogP contribution < -0.4 is 10.6 Å². The zero-order valence-corrected chi connectivity index (χ0v) is 7.90. The number of carbonyl (C=O) groups is 3. The van der Waals surface area contributed by atoms with Crippen molar-refractivity contribution in [1.29, 1.82) is 0 Å². The van der Waals surface area contributed by atoms with E-state index in [-0.39, 0.29) is 18.9 Å². The van der Waals surface area contributed by atoms with Crippen LogP contribution in [0.15, 0.2) is 0 Å². The second-order valence-electron chi connectivity index (χ2n) is 3.29. The van der Waals surface area contributed by atoms with Gasteiger partial charge in [-0.05, 0) is 0 Å². The van der Waals surface area contributed by atoms with E-state index >= 15 is 0 Å². The first-order chi connectivity index (χ1) is 7.04. The number of hydrogen-bond acceptors (Lipinski definition) is 4. The fourth-order valence-electron chi connectivity index (χ4n) is 1.27. The number of aliphatic carboxylic acids is 1. The van der Waals surface area contributed by atoms with Crippen LogP contribution in [0.2, 0.25) is 0 Å². The Labute approximate surface area is 85.5 Å². The number of aliphatic hydroxyl groups excluding tert-OH is 1. The third kappa shape index (κ3) is 2.91. The highest BCUT2D eigenvalue weighted by atomic mass is 16.4. The average molecular weight is 216 g/mol. The molecule has 4 N–H and O–H groups in total. The lowest BCUT2D eigenvalue weighted by Crippen LogP contribution is -2.46. The smallest absolute Gasteiger partial charge is 0.328 e. The van der Waals surface area contributed by atoms with Crippen molar-refractivity contribution in [3.63, 3.8) is 0 Å². The minimum atomic E-state index is -1.31. The van der Waals surface area contributed by atoms with Crippen LogP contribution in [0, 0.1) is 5.92 Å². The molecule has 0 aromatic heterocycles. The molecule has 84 valence electrons. The molecule has 1 aliphatic heterocycles. The first kappa shape index (κ1) is 11.4. The van der Waals surface area contributed by atoms with Gasteiger partial charge in [-0.1, -0.05) is 0 Å². The van der Waals surface area contributed by atoms with Crippen molar-refractivity contribution in [2.45, 2.75) is 12.5 Å². The Balaban J connectivity index is 2.47. The predicted molar refractivity (Wildman–Crippen MR) is 47.8 cm³/mol. The van der Waals surface area contributed by atoms with E-state index in [2.05, 4.69) is 10.6 Å². The summed E-state index contributed by atoms with van der Waals surface area (Å²) in [6.07, 6.45) is 0.0591. The summed E-state index contributed by atoms with van der Waals surface area (Å²) in [5.41, 5.74) is 0. The Bertz CT molecular complexity index is 291. The molecule has 7 nitrogen and oxygen atoms in total. The number of carboxylic acid groups (broad SMARTS) is 1. The van der Waals surface area contributed by atoms with Gasteiger partial charge >= 0.3 is 5.97 Å². The molecular weight excluding hydrogens is 204 g/mol. The number of rotatable bonds is 4. The molecule has 0 aliphatic carbocycles. The van der Waals surface area contributed by atoms with Gasteiger partial charge in [0.15, 0.2) is 0 Å². The minimum Gasteiger partial charge on any atom is -0.480 e. The maximum atomic E-state index is 11.4. The van der Waals surface area contributed by atoms with Gasteiger partial charge in [-0.15, -0.1) is 0 Å². The number of hydrogen-bond donors (Lipinski definition) is 4. The molecule has 7 heteroatoms. The summed E-state index contributed by atoms with van der Waals surface area (Å²) in [4.78, 5) is 32.7. The topological polar surface area (TPSA) is 116 Å². The van der Waals surface area contributed by atoms with Gasteiger partial charge < -0.3 is 20.8 Å². The van der Waals surface area contributed by atoms with Crippen molar-refractivity contribution in [3.05, 3.63) is 0 Å². The van der Waals surface area contributed by atoms with Gasteiger partial charge in [-0.3, -0.25) is 9.59 Å². The summed E-state index contributed by atoms with van der Waals surface area (Å²) in [7, 11) is 0. The quantitative estimate of drug-likeness (QED) is 0.421. The second-order valence-corrected chi connectivity index (χ2v) is 3.29. The first-order valence-corrected chi connectivity index (χ1v) is 4.45. The molecule has 0 saturated carbocycles. The maximum Gasteiger partial charge on any atom is 0.328 e. The van der Waals surface area contributed by atoms with E-state index in [9.17, 15) is 14.4 Å². The Kier molecular flexibility index (Phi) is 3.62. The van der Waals surface area contributed by atoms with Crippen LogP contribution in [0.3, 0.4) is 0 Å². The van der Waals surface area contributed by atoms with E-state index < -0.39 is 30.4 Å². The molecule has 15 heavy (non-hydrogen) atoms. The third-order valence-electron chi connectivity index (χ3n) is 2.15. The molecule has 0 radical (unpaired) electrons. The SMILES string of the molecule is O=C1CC(C(=O)NC(CO)C(=O)O)CN1. The van der Waals surface area contributed by atoms with Gasteiger partial charge in [0.05, 0.1) is 12.5 Å². The lowest BCUT2D eigenvalue weighted by atomic mass is 10.1. The summed E-state index contributed by atoms with van der Waals surface area (Å²) in [5, 5.41) is 21.8. The van der Waals surface area contributed by atoms with Crippen LogP contribution in [0.1, 0.15) is 6.42 Å². The van der Waals surface area contributed by atoms with E-state index in [1.54, 1.807) is 0 Å². The summed E-state index contributed by atoms with van der Waals surface area (Å²) >= 11 is 0. The van der Waals surface area contributed by atoms with Gasteiger partial charge in [-0.25, -0.2) is 4.79 Å². The van der Waals surface area contributed by atoms with E-state index in [1.807, 2.05) is 0 Å². The molecule has 0 spiro atoms. The molecule has 0 aromatic rings. The first-order valence-electron chi connectivity index (χ1n) is 4.45. The number of aliphatic hydroxyl groups is 1. The molecule has 0 bridgehead atoms. The van der Waals surface area contributed by atoms with E-state index in [0.717, 1.165) is 0 Å². The summed E-state index contributed by atoms with van der Waals surface area (Å²) in [5.74, 6) is -2.62. The van der Waals surface area contributed by atoms with Crippen molar-refractivity contribution in [2.75, 3.05) is 13.2 Å². The van der Waals surface area contributed by atoms with Crippen molar-refractivity contribution < 1.29 is 24.6 Å². The van der Waals surface area contributed by atoms with Crippen LogP contribution in [-0.4, -0.2) is 47.2 Å². The van der Waals surface area contributed by atoms with E-state index in [1.165, 1.54) is 0 Å². The fraction of sp³-hybridized carbons (Fsp3) is 0.625. The van der Waals surface area contributed by atoms with Gasteiger partial charge in [-0.2, -0.15) is 0 Å². The van der Waals surface area contributed by atoms with E-state index in [0.29, 0.717) is 0 Å². The Morgan fingerprint density at radius 1 is 1.60 bits per heavy atom. The molecule has 1 aliphatic rings. The predicted octanol–water partition coefficient (Wildman–Crippen LogP) is -2.32. The van der Waals surface area contributed by atoms with Gasteiger partial charge in [0.25, 0.3) is 0 Å². The Morgan fingerprint density at radius 2 is 2.27 bits per heavy atom. The monoisotopic (exact) mass is 216 g/mol. The van der Waals surface area contributed by atoms with Crippen LogP contribution in [0.25, 0.3) is 0 Å². The summed E-state index contributed by atoms with van der Waals surface area (Å²) in [6, 6.07) is -1.31. The number of nitrogens with one attached hydrogen (secondary N) is 2. The number of amides is 2. The molecule has 1 saturated heterocycles. The number of carboxylic acids is 1. The third-order valence-corrected chi connectivity index (χ3v) is 2.15. The fourth-order valence-corrected chi connectivity index (χ4v) is 1.27. The van der Waals surface area contributed by atoms with Gasteiger partial charge in [0, 0.05) is 13.0 Å². The van der Waals surface area contributed by atoms with Crippen LogP contribution >= 0.6 is 0 Å². The molecular formula is C8H12N2O5. The molecule has 2 unspecified atom stereocenters. The maximum absolute atomic E-state index is 11.4. The van der Waals surface area contributed by atoms with Crippen molar-refractivity contribution >= 4 is 17.8 Å². The molecule has 2 atom stereocenters. The highest BCUT2D eigenvalue weighted by molar-refractivity contribution is 5.91. The Morgan fingerprint density at radius 3 is 2.67 bits per heavy atom. The van der Waals surface area contributed by atoms with Crippen LogP contribution in [0.5, 0.6) is 0 Å². The highest BCUT2D eigenvalue weighted by Gasteiger charge is 2.30.